The maximum absolute atomic E-state index is 13.6. The molecule has 4 fully saturated rings. The van der Waals surface area contributed by atoms with Crippen LogP contribution in [-0.2, 0) is 4.74 Å². The molecule has 6 nitrogen and oxygen atoms in total. The Morgan fingerprint density at radius 2 is 1.63 bits per heavy atom. The van der Waals surface area contributed by atoms with E-state index in [4.69, 9.17) is 4.74 Å². The SMILES string of the molecule is CCOC(=O)c1nc2ccccc2n(C2C[C@H]3CCC[C@@H](C2)N3CC2CC3CCCC(C3)C2)c1=O. The largest absolute Gasteiger partial charge is 0.461 e. The van der Waals surface area contributed by atoms with Gasteiger partial charge in [-0.3, -0.25) is 9.69 Å². The lowest BCUT2D eigenvalue weighted by atomic mass is 9.67. The lowest BCUT2D eigenvalue weighted by Gasteiger charge is -2.51. The molecule has 188 valence electrons. The van der Waals surface area contributed by atoms with Crippen molar-refractivity contribution in [2.45, 2.75) is 95.7 Å². The van der Waals surface area contributed by atoms with Crippen LogP contribution in [0.5, 0.6) is 0 Å². The van der Waals surface area contributed by atoms with Crippen molar-refractivity contribution in [1.29, 1.82) is 0 Å². The summed E-state index contributed by atoms with van der Waals surface area (Å²) in [6.45, 7) is 3.24. The molecule has 2 aliphatic carbocycles. The number of hydrogen-bond acceptors (Lipinski definition) is 5. The molecular weight excluding hydrogens is 438 g/mol. The first-order chi connectivity index (χ1) is 17.1. The normalized spacial score (nSPS) is 32.9. The number of carbonyl (C=O) groups is 1. The highest BCUT2D eigenvalue weighted by molar-refractivity contribution is 5.89. The number of ether oxygens (including phenoxy) is 1. The van der Waals surface area contributed by atoms with E-state index in [0.29, 0.717) is 17.6 Å². The number of piperidine rings is 2. The van der Waals surface area contributed by atoms with E-state index in [9.17, 15) is 9.59 Å². The molecule has 0 amide bonds. The van der Waals surface area contributed by atoms with Gasteiger partial charge in [0.2, 0.25) is 5.69 Å². The van der Waals surface area contributed by atoms with E-state index in [1.807, 2.05) is 28.8 Å². The fraction of sp³-hybridized carbons (Fsp3) is 0.690. The lowest BCUT2D eigenvalue weighted by Crippen LogP contribution is -2.55. The van der Waals surface area contributed by atoms with E-state index in [-0.39, 0.29) is 23.9 Å². The number of nitrogens with zero attached hydrogens (tertiary/aromatic N) is 3. The Kier molecular flexibility index (Phi) is 6.42. The van der Waals surface area contributed by atoms with E-state index in [0.717, 1.165) is 36.1 Å². The smallest absolute Gasteiger partial charge is 0.362 e. The first kappa shape index (κ1) is 23.2. The zero-order valence-corrected chi connectivity index (χ0v) is 21.0. The van der Waals surface area contributed by atoms with E-state index in [2.05, 4.69) is 9.88 Å². The van der Waals surface area contributed by atoms with Crippen molar-refractivity contribution in [3.63, 3.8) is 0 Å². The van der Waals surface area contributed by atoms with E-state index >= 15 is 0 Å². The molecule has 6 rings (SSSR count). The van der Waals surface area contributed by atoms with Gasteiger partial charge < -0.3 is 9.30 Å². The van der Waals surface area contributed by atoms with Crippen LogP contribution in [0.25, 0.3) is 11.0 Å². The van der Waals surface area contributed by atoms with Crippen LogP contribution in [0, 0.1) is 17.8 Å². The molecule has 1 aromatic heterocycles. The second-order valence-electron chi connectivity index (χ2n) is 11.6. The summed E-state index contributed by atoms with van der Waals surface area (Å²) in [5.41, 5.74) is 1.16. The van der Waals surface area contributed by atoms with Gasteiger partial charge in [-0.15, -0.1) is 0 Å². The molecule has 6 heteroatoms. The minimum atomic E-state index is -0.613. The Balaban J connectivity index is 1.28. The Bertz CT molecular complexity index is 1120. The van der Waals surface area contributed by atoms with Gasteiger partial charge in [-0.1, -0.05) is 37.8 Å². The van der Waals surface area contributed by atoms with Crippen molar-refractivity contribution in [3.8, 4) is 0 Å². The molecule has 0 N–H and O–H groups in total. The zero-order valence-electron chi connectivity index (χ0n) is 21.0. The quantitative estimate of drug-likeness (QED) is 0.544. The fourth-order valence-corrected chi connectivity index (χ4v) is 8.12. The van der Waals surface area contributed by atoms with E-state index < -0.39 is 5.97 Å². The summed E-state index contributed by atoms with van der Waals surface area (Å²) in [4.78, 5) is 33.5. The number of rotatable bonds is 5. The second kappa shape index (κ2) is 9.68. The average molecular weight is 478 g/mol. The number of para-hydroxylation sites is 2. The highest BCUT2D eigenvalue weighted by atomic mass is 16.5. The number of fused-ring (bicyclic) bond motifs is 5. The highest BCUT2D eigenvalue weighted by Gasteiger charge is 2.42. The van der Waals surface area contributed by atoms with Crippen LogP contribution >= 0.6 is 0 Å². The van der Waals surface area contributed by atoms with Gasteiger partial charge in [0.15, 0.2) is 0 Å². The monoisotopic (exact) mass is 477 g/mol. The van der Waals surface area contributed by atoms with E-state index in [1.165, 1.54) is 64.3 Å². The lowest BCUT2D eigenvalue weighted by molar-refractivity contribution is -0.00946. The third-order valence-corrected chi connectivity index (χ3v) is 9.42. The van der Waals surface area contributed by atoms with Crippen LogP contribution in [-0.4, -0.2) is 45.7 Å². The van der Waals surface area contributed by atoms with Crippen LogP contribution in [0.1, 0.15) is 94.1 Å². The summed E-state index contributed by atoms with van der Waals surface area (Å²) in [7, 11) is 0. The molecule has 0 spiro atoms. The molecule has 4 aliphatic rings. The van der Waals surface area contributed by atoms with E-state index in [1.54, 1.807) is 6.92 Å². The van der Waals surface area contributed by atoms with Gasteiger partial charge in [0.25, 0.3) is 5.56 Å². The van der Waals surface area contributed by atoms with Gasteiger partial charge in [-0.2, -0.15) is 0 Å². The van der Waals surface area contributed by atoms with Gasteiger partial charge in [-0.05, 0) is 81.8 Å². The van der Waals surface area contributed by atoms with Gasteiger partial charge in [0.1, 0.15) is 0 Å². The van der Waals surface area contributed by atoms with Crippen molar-refractivity contribution >= 4 is 17.0 Å². The number of hydrogen-bond donors (Lipinski definition) is 0. The van der Waals surface area contributed by atoms with Gasteiger partial charge in [0, 0.05) is 24.7 Å². The van der Waals surface area contributed by atoms with Crippen molar-refractivity contribution in [3.05, 3.63) is 40.3 Å². The van der Waals surface area contributed by atoms with Gasteiger partial charge in [-0.25, -0.2) is 9.78 Å². The molecule has 5 atom stereocenters. The van der Waals surface area contributed by atoms with Crippen LogP contribution in [0.15, 0.2) is 29.1 Å². The second-order valence-corrected chi connectivity index (χ2v) is 11.6. The minimum Gasteiger partial charge on any atom is -0.461 e. The average Bonchev–Trinajstić information content (AvgIpc) is 2.83. The Morgan fingerprint density at radius 1 is 0.943 bits per heavy atom. The molecule has 3 heterocycles. The molecule has 2 aliphatic heterocycles. The van der Waals surface area contributed by atoms with Crippen molar-refractivity contribution in [2.75, 3.05) is 13.2 Å². The Morgan fingerprint density at radius 3 is 2.34 bits per heavy atom. The van der Waals surface area contributed by atoms with Crippen molar-refractivity contribution < 1.29 is 9.53 Å². The van der Waals surface area contributed by atoms with Gasteiger partial charge in [0.05, 0.1) is 17.6 Å². The first-order valence-electron chi connectivity index (χ1n) is 14.0. The van der Waals surface area contributed by atoms with Crippen molar-refractivity contribution in [2.24, 2.45) is 17.8 Å². The summed E-state index contributed by atoms with van der Waals surface area (Å²) < 4.78 is 7.08. The van der Waals surface area contributed by atoms with Crippen LogP contribution in [0.4, 0.5) is 0 Å². The zero-order chi connectivity index (χ0) is 23.9. The third kappa shape index (κ3) is 4.43. The Hall–Kier alpha value is -2.21. The van der Waals surface area contributed by atoms with Gasteiger partial charge >= 0.3 is 5.97 Å². The summed E-state index contributed by atoms with van der Waals surface area (Å²) in [6, 6.07) is 8.89. The van der Waals surface area contributed by atoms with Crippen LogP contribution in [0.3, 0.4) is 0 Å². The number of benzene rings is 1. The third-order valence-electron chi connectivity index (χ3n) is 9.42. The molecule has 2 saturated heterocycles. The van der Waals surface area contributed by atoms with Crippen LogP contribution in [0.2, 0.25) is 0 Å². The first-order valence-corrected chi connectivity index (χ1v) is 14.0. The molecule has 4 bridgehead atoms. The molecule has 3 unspecified atom stereocenters. The molecule has 1 aromatic carbocycles. The number of aromatic nitrogens is 2. The topological polar surface area (TPSA) is 64.4 Å². The van der Waals surface area contributed by atoms with Crippen molar-refractivity contribution in [1.82, 2.24) is 14.5 Å². The predicted octanol–water partition coefficient (Wildman–Crippen LogP) is 5.35. The summed E-state index contributed by atoms with van der Waals surface area (Å²) >= 11 is 0. The molecule has 2 saturated carbocycles. The minimum absolute atomic E-state index is 0.0770. The summed E-state index contributed by atoms with van der Waals surface area (Å²) in [5, 5.41) is 0. The highest BCUT2D eigenvalue weighted by Crippen LogP contribution is 2.45. The number of esters is 1. The predicted molar refractivity (Wildman–Crippen MR) is 137 cm³/mol. The maximum atomic E-state index is 13.6. The molecular formula is C29H39N3O3. The molecule has 0 radical (unpaired) electrons. The maximum Gasteiger partial charge on any atom is 0.362 e. The van der Waals surface area contributed by atoms with Crippen LogP contribution < -0.4 is 5.56 Å². The molecule has 35 heavy (non-hydrogen) atoms. The molecule has 2 aromatic rings. The number of carbonyl (C=O) groups excluding carboxylic acids is 1. The summed E-state index contributed by atoms with van der Waals surface area (Å²) in [6.07, 6.45) is 14.3. The summed E-state index contributed by atoms with van der Waals surface area (Å²) in [5.74, 6) is 2.16. The standard InChI is InChI=1S/C29H39N3O3/c1-2-35-29(34)27-28(33)32(26-12-4-3-11-25(26)30-27)24-16-22-9-6-10-23(17-24)31(22)18-21-14-19-7-5-8-20(13-19)15-21/h3-4,11-12,19-24H,2,5-10,13-18H2,1H3/t19?,20?,21?,22-,23+,24?. The Labute approximate surface area is 208 Å². The fourth-order valence-electron chi connectivity index (χ4n) is 8.12.